The van der Waals surface area contributed by atoms with Crippen molar-refractivity contribution in [3.05, 3.63) is 29.0 Å². The van der Waals surface area contributed by atoms with E-state index in [4.69, 9.17) is 23.2 Å². The van der Waals surface area contributed by atoms with E-state index < -0.39 is 0 Å². The van der Waals surface area contributed by atoms with Crippen LogP contribution < -0.4 is 0 Å². The smallest absolute Gasteiger partial charge is 0.128 e. The van der Waals surface area contributed by atoms with Gasteiger partial charge >= 0.3 is 0 Å². The molecule has 1 aromatic carbocycles. The number of fused-ring (bicyclic) bond motifs is 1. The minimum Gasteiger partial charge on any atom is -0.322 e. The van der Waals surface area contributed by atoms with Gasteiger partial charge in [-0.15, -0.1) is 11.6 Å². The Labute approximate surface area is 117 Å². The van der Waals surface area contributed by atoms with Crippen molar-refractivity contribution in [1.29, 1.82) is 0 Å². The fraction of sp³-hybridized carbons (Fsp3) is 0.500. The Hall–Kier alpha value is -0.730. The van der Waals surface area contributed by atoms with Crippen LogP contribution in [-0.4, -0.2) is 9.55 Å². The van der Waals surface area contributed by atoms with Gasteiger partial charge in [-0.1, -0.05) is 17.7 Å². The lowest BCUT2D eigenvalue weighted by atomic mass is 10.2. The van der Waals surface area contributed by atoms with Crippen LogP contribution in [0.3, 0.4) is 0 Å². The van der Waals surface area contributed by atoms with Crippen molar-refractivity contribution in [1.82, 2.24) is 9.55 Å². The first-order valence-corrected chi connectivity index (χ1v) is 7.21. The van der Waals surface area contributed by atoms with Gasteiger partial charge in [-0.2, -0.15) is 0 Å². The summed E-state index contributed by atoms with van der Waals surface area (Å²) in [7, 11) is 0. The fourth-order valence-electron chi connectivity index (χ4n) is 2.61. The second kappa shape index (κ2) is 4.43. The SMILES string of the molecule is CC(Cl)c1nc2cccc(Cl)c2n1C(C)C1CC1. The van der Waals surface area contributed by atoms with Crippen molar-refractivity contribution in [3.63, 3.8) is 0 Å². The number of nitrogens with zero attached hydrogens (tertiary/aromatic N) is 2. The van der Waals surface area contributed by atoms with Crippen molar-refractivity contribution < 1.29 is 0 Å². The van der Waals surface area contributed by atoms with Crippen LogP contribution >= 0.6 is 23.2 Å². The quantitative estimate of drug-likeness (QED) is 0.728. The molecule has 0 amide bonds. The number of para-hydroxylation sites is 1. The lowest BCUT2D eigenvalue weighted by molar-refractivity contribution is 0.480. The van der Waals surface area contributed by atoms with Crippen LogP contribution in [0.4, 0.5) is 0 Å². The molecule has 1 aliphatic rings. The van der Waals surface area contributed by atoms with E-state index >= 15 is 0 Å². The van der Waals surface area contributed by atoms with Gasteiger partial charge in [0.1, 0.15) is 5.82 Å². The molecular formula is C14H16Cl2N2. The summed E-state index contributed by atoms with van der Waals surface area (Å²) in [4.78, 5) is 4.65. The van der Waals surface area contributed by atoms with Crippen LogP contribution in [0, 0.1) is 5.92 Å². The molecule has 96 valence electrons. The normalized spacial score (nSPS) is 19.1. The third-order valence-corrected chi connectivity index (χ3v) is 4.26. The Bertz CT molecular complexity index is 585. The molecular weight excluding hydrogens is 267 g/mol. The van der Waals surface area contributed by atoms with Crippen molar-refractivity contribution in [2.24, 2.45) is 5.92 Å². The molecule has 0 radical (unpaired) electrons. The third kappa shape index (κ3) is 1.92. The topological polar surface area (TPSA) is 17.8 Å². The summed E-state index contributed by atoms with van der Waals surface area (Å²) in [5.41, 5.74) is 1.97. The molecule has 1 saturated carbocycles. The second-order valence-electron chi connectivity index (χ2n) is 5.14. The molecule has 2 nitrogen and oxygen atoms in total. The molecule has 0 spiro atoms. The van der Waals surface area contributed by atoms with Crippen molar-refractivity contribution in [2.75, 3.05) is 0 Å². The largest absolute Gasteiger partial charge is 0.322 e. The molecule has 0 bridgehead atoms. The van der Waals surface area contributed by atoms with Gasteiger partial charge in [0.05, 0.1) is 21.4 Å². The molecule has 1 fully saturated rings. The van der Waals surface area contributed by atoms with Gasteiger partial charge in [-0.05, 0) is 44.7 Å². The maximum absolute atomic E-state index is 6.35. The van der Waals surface area contributed by atoms with Crippen LogP contribution in [0.2, 0.25) is 5.02 Å². The van der Waals surface area contributed by atoms with E-state index in [1.165, 1.54) is 12.8 Å². The molecule has 3 rings (SSSR count). The molecule has 2 aromatic rings. The summed E-state index contributed by atoms with van der Waals surface area (Å²) < 4.78 is 2.24. The molecule has 1 aliphatic carbocycles. The van der Waals surface area contributed by atoms with E-state index in [0.717, 1.165) is 27.8 Å². The predicted molar refractivity (Wildman–Crippen MR) is 76.4 cm³/mol. The molecule has 0 aliphatic heterocycles. The Kier molecular flexibility index (Phi) is 3.03. The van der Waals surface area contributed by atoms with E-state index in [1.807, 2.05) is 25.1 Å². The van der Waals surface area contributed by atoms with Crippen LogP contribution in [0.25, 0.3) is 11.0 Å². The molecule has 18 heavy (non-hydrogen) atoms. The number of halogens is 2. The van der Waals surface area contributed by atoms with Crippen molar-refractivity contribution in [3.8, 4) is 0 Å². The maximum Gasteiger partial charge on any atom is 0.128 e. The Balaban J connectivity index is 2.26. The molecule has 4 heteroatoms. The summed E-state index contributed by atoms with van der Waals surface area (Å²) in [6.45, 7) is 4.21. The first kappa shape index (κ1) is 12.3. The van der Waals surface area contributed by atoms with Gasteiger partial charge in [0, 0.05) is 6.04 Å². The lowest BCUT2D eigenvalue weighted by Gasteiger charge is -2.18. The highest BCUT2D eigenvalue weighted by Crippen LogP contribution is 2.43. The Morgan fingerprint density at radius 2 is 2.06 bits per heavy atom. The van der Waals surface area contributed by atoms with Crippen molar-refractivity contribution in [2.45, 2.75) is 38.1 Å². The summed E-state index contributed by atoms with van der Waals surface area (Å²) in [6.07, 6.45) is 2.59. The molecule has 1 aromatic heterocycles. The zero-order valence-electron chi connectivity index (χ0n) is 10.5. The van der Waals surface area contributed by atoms with Gasteiger partial charge < -0.3 is 4.57 Å². The van der Waals surface area contributed by atoms with E-state index in [9.17, 15) is 0 Å². The standard InChI is InChI=1S/C14H16Cl2N2/c1-8(15)14-17-12-5-3-4-11(16)13(12)18(14)9(2)10-6-7-10/h3-5,8-10H,6-7H2,1-2H3. The Morgan fingerprint density at radius 3 is 2.67 bits per heavy atom. The molecule has 2 atom stereocenters. The zero-order chi connectivity index (χ0) is 12.9. The number of aromatic nitrogens is 2. The number of rotatable bonds is 3. The lowest BCUT2D eigenvalue weighted by Crippen LogP contribution is -2.11. The third-order valence-electron chi connectivity index (χ3n) is 3.76. The molecule has 0 saturated heterocycles. The van der Waals surface area contributed by atoms with Gasteiger partial charge in [0.25, 0.3) is 0 Å². The number of hydrogen-bond acceptors (Lipinski definition) is 1. The second-order valence-corrected chi connectivity index (χ2v) is 6.20. The van der Waals surface area contributed by atoms with E-state index in [2.05, 4.69) is 16.5 Å². The highest BCUT2D eigenvalue weighted by atomic mass is 35.5. The summed E-state index contributed by atoms with van der Waals surface area (Å²) in [5, 5.41) is 0.658. The molecule has 0 N–H and O–H groups in total. The maximum atomic E-state index is 6.35. The van der Waals surface area contributed by atoms with Crippen LogP contribution in [0.5, 0.6) is 0 Å². The molecule has 1 heterocycles. The molecule has 2 unspecified atom stereocenters. The Morgan fingerprint density at radius 1 is 1.33 bits per heavy atom. The first-order valence-electron chi connectivity index (χ1n) is 6.40. The fourth-order valence-corrected chi connectivity index (χ4v) is 3.02. The van der Waals surface area contributed by atoms with Crippen LogP contribution in [0.1, 0.15) is 43.9 Å². The monoisotopic (exact) mass is 282 g/mol. The van der Waals surface area contributed by atoms with E-state index in [1.54, 1.807) is 0 Å². The minimum atomic E-state index is -0.102. The van der Waals surface area contributed by atoms with E-state index in [0.29, 0.717) is 6.04 Å². The average molecular weight is 283 g/mol. The first-order chi connectivity index (χ1) is 8.59. The zero-order valence-corrected chi connectivity index (χ0v) is 12.0. The van der Waals surface area contributed by atoms with Gasteiger partial charge in [-0.25, -0.2) is 4.98 Å². The van der Waals surface area contributed by atoms with Gasteiger partial charge in [0.2, 0.25) is 0 Å². The van der Waals surface area contributed by atoms with E-state index in [-0.39, 0.29) is 5.38 Å². The van der Waals surface area contributed by atoms with Gasteiger partial charge in [-0.3, -0.25) is 0 Å². The highest BCUT2D eigenvalue weighted by molar-refractivity contribution is 6.35. The minimum absolute atomic E-state index is 0.102. The summed E-state index contributed by atoms with van der Waals surface area (Å²) in [6, 6.07) is 6.28. The predicted octanol–water partition coefficient (Wildman–Crippen LogP) is 4.96. The number of benzene rings is 1. The van der Waals surface area contributed by atoms with Gasteiger partial charge in [0.15, 0.2) is 0 Å². The summed E-state index contributed by atoms with van der Waals surface area (Å²) >= 11 is 12.6. The number of alkyl halides is 1. The average Bonchev–Trinajstić information content (AvgIpc) is 3.08. The van der Waals surface area contributed by atoms with Crippen molar-refractivity contribution >= 4 is 34.2 Å². The van der Waals surface area contributed by atoms with Crippen LogP contribution in [0.15, 0.2) is 18.2 Å². The summed E-state index contributed by atoms with van der Waals surface area (Å²) in [5.74, 6) is 1.67. The highest BCUT2D eigenvalue weighted by Gasteiger charge is 2.32. The number of imidazole rings is 1. The van der Waals surface area contributed by atoms with Crippen LogP contribution in [-0.2, 0) is 0 Å². The number of hydrogen-bond donors (Lipinski definition) is 0.